The second-order valence-corrected chi connectivity index (χ2v) is 11.5. The quantitative estimate of drug-likeness (QED) is 0.441. The zero-order valence-corrected chi connectivity index (χ0v) is 22.9. The maximum Gasteiger partial charge on any atom is 0.496 e. The van der Waals surface area contributed by atoms with Gasteiger partial charge in [-0.15, -0.1) is 0 Å². The van der Waals surface area contributed by atoms with E-state index in [-0.39, 0.29) is 11.9 Å². The van der Waals surface area contributed by atoms with Crippen molar-refractivity contribution in [2.45, 2.75) is 78.3 Å². The van der Waals surface area contributed by atoms with E-state index in [0.29, 0.717) is 35.2 Å². The van der Waals surface area contributed by atoms with E-state index >= 15 is 0 Å². The first-order valence-electron chi connectivity index (χ1n) is 12.1. The zero-order chi connectivity index (χ0) is 26.0. The Morgan fingerprint density at radius 3 is 2.42 bits per heavy atom. The number of nitrogens with zero attached hydrogens (tertiary/aromatic N) is 5. The molecule has 0 radical (unpaired) electrons. The average Bonchev–Trinajstić information content (AvgIpc) is 3.43. The number of carbonyl (C=O) groups excluding carboxylic acids is 1. The van der Waals surface area contributed by atoms with Crippen molar-refractivity contribution in [3.8, 4) is 11.4 Å². The van der Waals surface area contributed by atoms with E-state index in [1.165, 1.54) is 0 Å². The molecule has 2 aliphatic rings. The Bertz CT molecular complexity index is 1320. The molecule has 0 bridgehead atoms. The number of hydrogen-bond acceptors (Lipinski definition) is 5. The maximum absolute atomic E-state index is 13.0. The molecule has 0 atom stereocenters. The Morgan fingerprint density at radius 1 is 1.08 bits per heavy atom. The average molecular weight is 530 g/mol. The molecule has 1 aromatic carbocycles. The Balaban J connectivity index is 1.42. The van der Waals surface area contributed by atoms with Gasteiger partial charge in [0.25, 0.3) is 0 Å². The number of rotatable bonds is 5. The molecule has 3 aromatic rings. The van der Waals surface area contributed by atoms with Crippen LogP contribution in [0.1, 0.15) is 59.6 Å². The van der Waals surface area contributed by atoms with Gasteiger partial charge in [-0.25, -0.2) is 4.68 Å². The van der Waals surface area contributed by atoms with Crippen LogP contribution in [0, 0.1) is 0 Å². The van der Waals surface area contributed by atoms with E-state index in [1.54, 1.807) is 11.1 Å². The molecule has 1 saturated heterocycles. The lowest BCUT2D eigenvalue weighted by Crippen LogP contribution is -2.41. The fraction of sp³-hybridized carbons (Fsp3) is 0.480. The van der Waals surface area contributed by atoms with E-state index in [2.05, 4.69) is 5.10 Å². The molecule has 5 rings (SSSR count). The van der Waals surface area contributed by atoms with Gasteiger partial charge in [0.2, 0.25) is 5.91 Å². The zero-order valence-electron chi connectivity index (χ0n) is 21.4. The number of aromatic nitrogens is 4. The van der Waals surface area contributed by atoms with Crippen LogP contribution in [0.15, 0.2) is 30.5 Å². The van der Waals surface area contributed by atoms with E-state index in [0.717, 1.165) is 22.5 Å². The normalized spacial score (nSPS) is 18.9. The van der Waals surface area contributed by atoms with E-state index in [9.17, 15) is 4.79 Å². The monoisotopic (exact) mass is 529 g/mol. The van der Waals surface area contributed by atoms with Crippen LogP contribution in [-0.4, -0.2) is 43.8 Å². The van der Waals surface area contributed by atoms with Crippen LogP contribution >= 0.6 is 23.2 Å². The molecule has 2 aliphatic heterocycles. The van der Waals surface area contributed by atoms with Gasteiger partial charge in [0.1, 0.15) is 17.2 Å². The fourth-order valence-corrected chi connectivity index (χ4v) is 5.04. The van der Waals surface area contributed by atoms with Gasteiger partial charge in [-0.1, -0.05) is 35.3 Å². The summed E-state index contributed by atoms with van der Waals surface area (Å²) in [5.74, 6) is 0.753. The van der Waals surface area contributed by atoms with Crippen LogP contribution in [0.4, 0.5) is 5.82 Å². The summed E-state index contributed by atoms with van der Waals surface area (Å²) in [6.07, 6.45) is 1.99. The minimum absolute atomic E-state index is 0.0311. The predicted octanol–water partition coefficient (Wildman–Crippen LogP) is 4.87. The van der Waals surface area contributed by atoms with Gasteiger partial charge in [-0.2, -0.15) is 10.2 Å². The van der Waals surface area contributed by atoms with Crippen molar-refractivity contribution >= 4 is 47.5 Å². The standard InChI is InChI=1S/C25H30BCl2N5O3/c1-15(2)33-23(19(28)13-29-33)20-12-21-31(22(34)9-10-32(21)30-20)14-16-7-8-17(18(27)11-16)26-35-24(3,4)25(5,6)36-26/h7-8,11-13,15H,9-10,14H2,1-6H3. The van der Waals surface area contributed by atoms with Gasteiger partial charge >= 0.3 is 7.12 Å². The molecule has 0 unspecified atom stereocenters. The Hall–Kier alpha value is -2.33. The molecule has 190 valence electrons. The van der Waals surface area contributed by atoms with Crippen LogP contribution in [0.25, 0.3) is 11.4 Å². The maximum atomic E-state index is 13.0. The number of benzene rings is 1. The number of fused-ring (bicyclic) bond motifs is 1. The first-order chi connectivity index (χ1) is 16.9. The number of carbonyl (C=O) groups is 1. The molecular formula is C25H30BCl2N5O3. The molecule has 0 aliphatic carbocycles. The van der Waals surface area contributed by atoms with Crippen LogP contribution < -0.4 is 10.4 Å². The van der Waals surface area contributed by atoms with Crippen molar-refractivity contribution in [2.75, 3.05) is 4.90 Å². The van der Waals surface area contributed by atoms with E-state index in [4.69, 9.17) is 37.6 Å². The highest BCUT2D eigenvalue weighted by Crippen LogP contribution is 2.37. The lowest BCUT2D eigenvalue weighted by molar-refractivity contribution is -0.119. The number of anilines is 1. The third-order valence-corrected chi connectivity index (χ3v) is 7.87. The SMILES string of the molecule is CC(C)n1ncc(Cl)c1-c1cc2n(n1)CCC(=O)N2Cc1ccc(B2OC(C)(C)C(C)(C)O2)c(Cl)c1. The minimum Gasteiger partial charge on any atom is -0.399 e. The first-order valence-corrected chi connectivity index (χ1v) is 12.9. The molecule has 36 heavy (non-hydrogen) atoms. The van der Waals surface area contributed by atoms with Gasteiger partial charge < -0.3 is 9.31 Å². The van der Waals surface area contributed by atoms with Gasteiger partial charge in [-0.05, 0) is 53.2 Å². The van der Waals surface area contributed by atoms with Gasteiger partial charge in [0.05, 0.1) is 35.5 Å². The topological polar surface area (TPSA) is 74.4 Å². The minimum atomic E-state index is -0.548. The summed E-state index contributed by atoms with van der Waals surface area (Å²) in [5.41, 5.74) is 2.20. The highest BCUT2D eigenvalue weighted by Gasteiger charge is 2.52. The smallest absolute Gasteiger partial charge is 0.399 e. The third kappa shape index (κ3) is 4.26. The number of hydrogen-bond donors (Lipinski definition) is 0. The highest BCUT2D eigenvalue weighted by atomic mass is 35.5. The van der Waals surface area contributed by atoms with Crippen molar-refractivity contribution < 1.29 is 14.1 Å². The number of halogens is 2. The van der Waals surface area contributed by atoms with Gasteiger partial charge in [0.15, 0.2) is 0 Å². The van der Waals surface area contributed by atoms with Crippen molar-refractivity contribution in [2.24, 2.45) is 0 Å². The van der Waals surface area contributed by atoms with Crippen LogP contribution in [0.2, 0.25) is 10.0 Å². The predicted molar refractivity (Wildman–Crippen MR) is 142 cm³/mol. The second-order valence-electron chi connectivity index (χ2n) is 10.7. The molecule has 1 fully saturated rings. The summed E-state index contributed by atoms with van der Waals surface area (Å²) in [6.45, 7) is 13.0. The first kappa shape index (κ1) is 25.3. The third-order valence-electron chi connectivity index (χ3n) is 7.27. The largest absolute Gasteiger partial charge is 0.496 e. The number of amides is 1. The summed E-state index contributed by atoms with van der Waals surface area (Å²) in [6, 6.07) is 7.77. The fourth-order valence-electron chi connectivity index (χ4n) is 4.52. The van der Waals surface area contributed by atoms with Crippen molar-refractivity contribution in [1.82, 2.24) is 19.6 Å². The molecule has 0 saturated carbocycles. The summed E-state index contributed by atoms with van der Waals surface area (Å²) < 4.78 is 16.0. The molecular weight excluding hydrogens is 500 g/mol. The molecule has 1 amide bonds. The summed E-state index contributed by atoms with van der Waals surface area (Å²) >= 11 is 13.1. The second kappa shape index (κ2) is 8.90. The van der Waals surface area contributed by atoms with E-state index in [1.807, 2.05) is 75.2 Å². The molecule has 2 aromatic heterocycles. The molecule has 11 heteroatoms. The lowest BCUT2D eigenvalue weighted by Gasteiger charge is -2.32. The molecule has 4 heterocycles. The van der Waals surface area contributed by atoms with Gasteiger partial charge in [-0.3, -0.25) is 14.4 Å². The van der Waals surface area contributed by atoms with E-state index < -0.39 is 18.3 Å². The highest BCUT2D eigenvalue weighted by molar-refractivity contribution is 6.65. The Labute approximate surface area is 221 Å². The van der Waals surface area contributed by atoms with Crippen molar-refractivity contribution in [3.63, 3.8) is 0 Å². The molecule has 8 nitrogen and oxygen atoms in total. The van der Waals surface area contributed by atoms with Crippen LogP contribution in [0.5, 0.6) is 0 Å². The molecule has 0 spiro atoms. The summed E-state index contributed by atoms with van der Waals surface area (Å²) in [4.78, 5) is 14.7. The van der Waals surface area contributed by atoms with Crippen LogP contribution in [0.3, 0.4) is 0 Å². The summed E-state index contributed by atoms with van der Waals surface area (Å²) in [5, 5.41) is 10.2. The van der Waals surface area contributed by atoms with Crippen molar-refractivity contribution in [3.05, 3.63) is 46.1 Å². The lowest BCUT2D eigenvalue weighted by atomic mass is 9.78. The Kier molecular flexibility index (Phi) is 6.27. The van der Waals surface area contributed by atoms with Crippen LogP contribution in [-0.2, 0) is 27.2 Å². The summed E-state index contributed by atoms with van der Waals surface area (Å²) in [7, 11) is -0.548. The Morgan fingerprint density at radius 2 is 1.78 bits per heavy atom. The number of aryl methyl sites for hydroxylation is 1. The molecule has 0 N–H and O–H groups in total. The van der Waals surface area contributed by atoms with Crippen molar-refractivity contribution in [1.29, 1.82) is 0 Å². The van der Waals surface area contributed by atoms with Gasteiger partial charge in [0, 0.05) is 29.0 Å².